The predicted octanol–water partition coefficient (Wildman–Crippen LogP) is 5.34. The van der Waals surface area contributed by atoms with Gasteiger partial charge in [-0.15, -0.1) is 0 Å². The number of halogens is 5. The van der Waals surface area contributed by atoms with Crippen LogP contribution in [0.3, 0.4) is 0 Å². The van der Waals surface area contributed by atoms with Crippen LogP contribution in [0.2, 0.25) is 10.0 Å². The number of benzene rings is 1. The lowest BCUT2D eigenvalue weighted by Gasteiger charge is -2.08. The second-order valence-corrected chi connectivity index (χ2v) is 8.25. The summed E-state index contributed by atoms with van der Waals surface area (Å²) in [5.74, 6) is -0.296. The SMILES string of the molecule is Cc1cc(Cl)cc(Cl)c1NN=C(Cl)C(=O)CC(Br)Br. The first-order valence-electron chi connectivity index (χ1n) is 5.07. The fourth-order valence-corrected chi connectivity index (χ4v) is 2.58. The van der Waals surface area contributed by atoms with Crippen molar-refractivity contribution in [1.29, 1.82) is 0 Å². The molecular formula is C11H9Br2Cl3N2O. The summed E-state index contributed by atoms with van der Waals surface area (Å²) in [6.07, 6.45) is 0.192. The van der Waals surface area contributed by atoms with Gasteiger partial charge in [-0.3, -0.25) is 10.2 Å². The topological polar surface area (TPSA) is 41.5 Å². The van der Waals surface area contributed by atoms with E-state index in [0.717, 1.165) is 5.56 Å². The zero-order valence-corrected chi connectivity index (χ0v) is 15.1. The minimum absolute atomic E-state index is 0.141. The molecule has 1 rings (SSSR count). The molecule has 0 unspecified atom stereocenters. The van der Waals surface area contributed by atoms with Gasteiger partial charge < -0.3 is 0 Å². The van der Waals surface area contributed by atoms with E-state index >= 15 is 0 Å². The highest BCUT2D eigenvalue weighted by atomic mass is 79.9. The molecule has 104 valence electrons. The van der Waals surface area contributed by atoms with Crippen molar-refractivity contribution in [2.24, 2.45) is 5.10 Å². The Kier molecular flexibility index (Phi) is 7.11. The van der Waals surface area contributed by atoms with Crippen LogP contribution in [0.15, 0.2) is 17.2 Å². The average Bonchev–Trinajstić information content (AvgIpc) is 2.26. The van der Waals surface area contributed by atoms with Crippen LogP contribution < -0.4 is 5.43 Å². The summed E-state index contributed by atoms with van der Waals surface area (Å²) >= 11 is 24.1. The van der Waals surface area contributed by atoms with E-state index in [1.807, 2.05) is 6.92 Å². The Morgan fingerprint density at radius 1 is 1.42 bits per heavy atom. The first-order chi connectivity index (χ1) is 8.81. The lowest BCUT2D eigenvalue weighted by atomic mass is 10.2. The lowest BCUT2D eigenvalue weighted by molar-refractivity contribution is -0.112. The Hall–Kier alpha value is 0.190. The maximum Gasteiger partial charge on any atom is 0.196 e. The Bertz CT molecular complexity index is 498. The van der Waals surface area contributed by atoms with Crippen LogP contribution in [0.4, 0.5) is 5.69 Å². The van der Waals surface area contributed by atoms with Crippen LogP contribution in [0, 0.1) is 6.92 Å². The van der Waals surface area contributed by atoms with Gasteiger partial charge in [-0.1, -0.05) is 66.7 Å². The van der Waals surface area contributed by atoms with E-state index < -0.39 is 0 Å². The molecule has 0 saturated heterocycles. The molecule has 0 aliphatic rings. The number of alkyl halides is 2. The lowest BCUT2D eigenvalue weighted by Crippen LogP contribution is -2.12. The molecule has 0 fully saturated rings. The molecule has 0 heterocycles. The number of carbonyl (C=O) groups excluding carboxylic acids is 1. The Morgan fingerprint density at radius 2 is 2.05 bits per heavy atom. The van der Waals surface area contributed by atoms with Crippen LogP contribution in [0.5, 0.6) is 0 Å². The highest BCUT2D eigenvalue weighted by Crippen LogP contribution is 2.29. The van der Waals surface area contributed by atoms with Crippen molar-refractivity contribution in [2.45, 2.75) is 17.1 Å². The number of nitrogens with zero attached hydrogens (tertiary/aromatic N) is 1. The number of hydrogen-bond acceptors (Lipinski definition) is 3. The Morgan fingerprint density at radius 3 is 2.58 bits per heavy atom. The van der Waals surface area contributed by atoms with Crippen molar-refractivity contribution >= 4 is 83.3 Å². The molecule has 1 aromatic rings. The van der Waals surface area contributed by atoms with E-state index in [2.05, 4.69) is 42.4 Å². The van der Waals surface area contributed by atoms with Crippen LogP contribution in [0.1, 0.15) is 12.0 Å². The summed E-state index contributed by atoms with van der Waals surface area (Å²) in [6, 6.07) is 3.31. The number of carbonyl (C=O) groups is 1. The van der Waals surface area contributed by atoms with Gasteiger partial charge in [0.2, 0.25) is 0 Å². The van der Waals surface area contributed by atoms with E-state index in [0.29, 0.717) is 15.7 Å². The summed E-state index contributed by atoms with van der Waals surface area (Å²) in [6.45, 7) is 1.82. The summed E-state index contributed by atoms with van der Waals surface area (Å²) in [7, 11) is 0. The second-order valence-electron chi connectivity index (χ2n) is 3.61. The smallest absolute Gasteiger partial charge is 0.196 e. The van der Waals surface area contributed by atoms with Gasteiger partial charge in [-0.05, 0) is 24.6 Å². The fraction of sp³-hybridized carbons (Fsp3) is 0.273. The Labute approximate surface area is 142 Å². The minimum Gasteiger partial charge on any atom is -0.291 e. The first-order valence-corrected chi connectivity index (χ1v) is 8.04. The number of hydrogen-bond donors (Lipinski definition) is 1. The van der Waals surface area contributed by atoms with Crippen molar-refractivity contribution in [3.8, 4) is 0 Å². The maximum absolute atomic E-state index is 11.6. The normalized spacial score (nSPS) is 11.8. The number of aryl methyl sites for hydroxylation is 1. The molecule has 3 nitrogen and oxygen atoms in total. The van der Waals surface area contributed by atoms with Crippen molar-refractivity contribution in [1.82, 2.24) is 0 Å². The van der Waals surface area contributed by atoms with E-state index in [1.165, 1.54) is 0 Å². The number of hydrazone groups is 1. The molecule has 0 aromatic heterocycles. The van der Waals surface area contributed by atoms with Crippen LogP contribution in [-0.2, 0) is 4.79 Å². The van der Waals surface area contributed by atoms with E-state index in [9.17, 15) is 4.79 Å². The van der Waals surface area contributed by atoms with Crippen molar-refractivity contribution in [3.05, 3.63) is 27.7 Å². The van der Waals surface area contributed by atoms with Gasteiger partial charge in [-0.2, -0.15) is 5.10 Å². The Balaban J connectivity index is 2.84. The number of ketones is 1. The molecule has 1 N–H and O–H groups in total. The monoisotopic (exact) mass is 448 g/mol. The molecule has 0 radical (unpaired) electrons. The fourth-order valence-electron chi connectivity index (χ4n) is 1.24. The molecule has 0 bridgehead atoms. The van der Waals surface area contributed by atoms with E-state index in [4.69, 9.17) is 34.8 Å². The molecule has 1 aromatic carbocycles. The van der Waals surface area contributed by atoms with Gasteiger partial charge in [0.05, 0.1) is 14.4 Å². The second kappa shape index (κ2) is 7.84. The summed E-state index contributed by atoms with van der Waals surface area (Å²) in [4.78, 5) is 11.6. The van der Waals surface area contributed by atoms with Gasteiger partial charge in [0, 0.05) is 11.4 Å². The third-order valence-corrected chi connectivity index (χ3v) is 3.55. The molecule has 19 heavy (non-hydrogen) atoms. The summed E-state index contributed by atoms with van der Waals surface area (Å²) in [5.41, 5.74) is 4.04. The highest BCUT2D eigenvalue weighted by molar-refractivity contribution is 9.24. The number of anilines is 1. The molecule has 0 atom stereocenters. The summed E-state index contributed by atoms with van der Waals surface area (Å²) in [5, 5.41) is 4.60. The molecule has 8 heteroatoms. The van der Waals surface area contributed by atoms with Crippen LogP contribution >= 0.6 is 66.7 Å². The van der Waals surface area contributed by atoms with Crippen molar-refractivity contribution in [3.63, 3.8) is 0 Å². The van der Waals surface area contributed by atoms with E-state index in [1.54, 1.807) is 12.1 Å². The molecular weight excluding hydrogens is 442 g/mol. The number of rotatable bonds is 5. The highest BCUT2D eigenvalue weighted by Gasteiger charge is 2.13. The molecule has 0 aliphatic carbocycles. The number of nitrogens with one attached hydrogen (secondary N) is 1. The molecule has 0 spiro atoms. The van der Waals surface area contributed by atoms with Gasteiger partial charge in [0.1, 0.15) is 0 Å². The van der Waals surface area contributed by atoms with Gasteiger partial charge >= 0.3 is 0 Å². The molecule has 0 amide bonds. The third-order valence-electron chi connectivity index (χ3n) is 2.09. The van der Waals surface area contributed by atoms with Gasteiger partial charge in [0.25, 0.3) is 0 Å². The largest absolute Gasteiger partial charge is 0.291 e. The third kappa shape index (κ3) is 5.60. The van der Waals surface area contributed by atoms with Gasteiger partial charge in [-0.25, -0.2) is 0 Å². The maximum atomic E-state index is 11.6. The van der Waals surface area contributed by atoms with Crippen LogP contribution in [0.25, 0.3) is 0 Å². The van der Waals surface area contributed by atoms with Crippen molar-refractivity contribution < 1.29 is 4.79 Å². The average molecular weight is 451 g/mol. The summed E-state index contributed by atoms with van der Waals surface area (Å²) < 4.78 is -0.141. The van der Waals surface area contributed by atoms with Crippen molar-refractivity contribution in [2.75, 3.05) is 5.43 Å². The predicted molar refractivity (Wildman–Crippen MR) is 89.4 cm³/mol. The molecule has 0 aliphatic heterocycles. The van der Waals surface area contributed by atoms with Crippen LogP contribution in [-0.4, -0.2) is 14.7 Å². The van der Waals surface area contributed by atoms with E-state index in [-0.39, 0.29) is 21.1 Å². The first kappa shape index (κ1) is 17.2. The van der Waals surface area contributed by atoms with Gasteiger partial charge in [0.15, 0.2) is 11.0 Å². The zero-order valence-electron chi connectivity index (χ0n) is 9.68. The quantitative estimate of drug-likeness (QED) is 0.373. The minimum atomic E-state index is -0.296. The standard InChI is InChI=1S/C11H9Br2Cl3N2O/c1-5-2-6(14)3-7(15)10(5)17-18-11(16)8(19)4-9(12)13/h2-3,9,17H,4H2,1H3. The molecule has 0 saturated carbocycles. The zero-order chi connectivity index (χ0) is 14.6. The number of Topliss-reactive ketones (excluding diaryl/α,β-unsaturated/α-hetero) is 1.